The predicted molar refractivity (Wildman–Crippen MR) is 140 cm³/mol. The molecule has 0 spiro atoms. The van der Waals surface area contributed by atoms with Gasteiger partial charge < -0.3 is 10.6 Å². The third-order valence-electron chi connectivity index (χ3n) is 4.84. The number of nitrogens with one attached hydrogen (secondary N) is 2. The van der Waals surface area contributed by atoms with Crippen molar-refractivity contribution in [2.45, 2.75) is 41.5 Å². The van der Waals surface area contributed by atoms with Crippen LogP contribution in [0.2, 0.25) is 0 Å². The van der Waals surface area contributed by atoms with Gasteiger partial charge in [-0.1, -0.05) is 90.1 Å². The Morgan fingerprint density at radius 1 is 0.500 bits per heavy atom. The molecule has 3 rings (SSSR count). The van der Waals surface area contributed by atoms with Crippen molar-refractivity contribution in [1.29, 1.82) is 0 Å². The summed E-state index contributed by atoms with van der Waals surface area (Å²) in [5.41, 5.74) is 3.37. The van der Waals surface area contributed by atoms with E-state index in [0.717, 1.165) is 34.4 Å². The third kappa shape index (κ3) is 6.55. The lowest BCUT2D eigenvalue weighted by Crippen LogP contribution is -2.28. The molecule has 0 unspecified atom stereocenters. The van der Waals surface area contributed by atoms with Gasteiger partial charge in [-0.15, -0.1) is 0 Å². The van der Waals surface area contributed by atoms with E-state index in [-0.39, 0.29) is 10.8 Å². The summed E-state index contributed by atoms with van der Waals surface area (Å²) < 4.78 is 0. The monoisotopic (exact) mass is 426 g/mol. The molecule has 0 aliphatic heterocycles. The van der Waals surface area contributed by atoms with Crippen LogP contribution in [0.15, 0.2) is 94.9 Å². The Kier molecular flexibility index (Phi) is 7.14. The number of hydrogen-bond donors (Lipinski definition) is 2. The van der Waals surface area contributed by atoms with Gasteiger partial charge in [-0.2, -0.15) is 0 Å². The maximum atomic E-state index is 5.04. The lowest BCUT2D eigenvalue weighted by Gasteiger charge is -2.24. The molecule has 0 saturated carbocycles. The van der Waals surface area contributed by atoms with E-state index in [0.29, 0.717) is 0 Å². The summed E-state index contributed by atoms with van der Waals surface area (Å²) in [6.45, 7) is 12.9. The normalized spacial score (nSPS) is 13.1. The average molecular weight is 427 g/mol. The van der Waals surface area contributed by atoms with Gasteiger partial charge in [-0.05, 0) is 36.4 Å². The maximum absolute atomic E-state index is 5.04. The Balaban J connectivity index is 2.03. The van der Waals surface area contributed by atoms with Crippen molar-refractivity contribution in [1.82, 2.24) is 0 Å². The van der Waals surface area contributed by atoms with Crippen LogP contribution < -0.4 is 10.6 Å². The number of hydrogen-bond acceptors (Lipinski definition) is 2. The Hall–Kier alpha value is -3.40. The molecule has 32 heavy (non-hydrogen) atoms. The van der Waals surface area contributed by atoms with Gasteiger partial charge in [0.25, 0.3) is 0 Å². The minimum Gasteiger partial charge on any atom is -0.343 e. The first-order valence-electron chi connectivity index (χ1n) is 11.0. The quantitative estimate of drug-likeness (QED) is 0.327. The molecule has 0 aliphatic rings. The van der Waals surface area contributed by atoms with Crippen molar-refractivity contribution in [3.63, 3.8) is 0 Å². The highest BCUT2D eigenvalue weighted by molar-refractivity contribution is 6.03. The molecule has 0 amide bonds. The van der Waals surface area contributed by atoms with Crippen molar-refractivity contribution in [3.8, 4) is 0 Å². The van der Waals surface area contributed by atoms with Crippen LogP contribution in [0.5, 0.6) is 0 Å². The van der Waals surface area contributed by atoms with Crippen LogP contribution in [0.1, 0.15) is 41.5 Å². The van der Waals surface area contributed by atoms with Crippen molar-refractivity contribution >= 4 is 34.4 Å². The number of amidine groups is 2. The van der Waals surface area contributed by atoms with E-state index in [1.54, 1.807) is 0 Å². The lowest BCUT2D eigenvalue weighted by molar-refractivity contribution is 0.589. The molecule has 0 atom stereocenters. The summed E-state index contributed by atoms with van der Waals surface area (Å²) in [5.74, 6) is 1.78. The number of nitrogens with zero attached hydrogens (tertiary/aromatic N) is 2. The minimum absolute atomic E-state index is 0.165. The predicted octanol–water partition coefficient (Wildman–Crippen LogP) is 8.06. The number of anilines is 2. The topological polar surface area (TPSA) is 48.8 Å². The Morgan fingerprint density at radius 3 is 1.12 bits per heavy atom. The van der Waals surface area contributed by atoms with Crippen molar-refractivity contribution in [3.05, 3.63) is 84.9 Å². The molecular formula is C28H34N4. The molecule has 0 radical (unpaired) electrons. The van der Waals surface area contributed by atoms with Gasteiger partial charge in [-0.25, -0.2) is 9.98 Å². The van der Waals surface area contributed by atoms with Crippen molar-refractivity contribution in [2.24, 2.45) is 20.8 Å². The number of para-hydroxylation sites is 4. The van der Waals surface area contributed by atoms with E-state index < -0.39 is 0 Å². The molecule has 4 nitrogen and oxygen atoms in total. The Morgan fingerprint density at radius 2 is 0.812 bits per heavy atom. The van der Waals surface area contributed by atoms with Crippen LogP contribution in [-0.2, 0) is 0 Å². The molecule has 166 valence electrons. The molecule has 0 aliphatic carbocycles. The van der Waals surface area contributed by atoms with E-state index in [2.05, 4.69) is 52.2 Å². The molecule has 0 saturated heterocycles. The number of benzene rings is 3. The lowest BCUT2D eigenvalue weighted by atomic mass is 9.94. The maximum Gasteiger partial charge on any atom is 0.112 e. The van der Waals surface area contributed by atoms with E-state index in [1.807, 2.05) is 84.9 Å². The minimum atomic E-state index is -0.165. The zero-order chi connectivity index (χ0) is 23.2. The average Bonchev–Trinajstić information content (AvgIpc) is 2.74. The van der Waals surface area contributed by atoms with E-state index in [9.17, 15) is 0 Å². The molecule has 4 heteroatoms. The molecule has 0 bridgehead atoms. The first kappa shape index (κ1) is 23.3. The first-order valence-corrected chi connectivity index (χ1v) is 11.0. The number of rotatable bonds is 4. The fourth-order valence-electron chi connectivity index (χ4n) is 2.98. The summed E-state index contributed by atoms with van der Waals surface area (Å²) in [7, 11) is 0. The van der Waals surface area contributed by atoms with Crippen LogP contribution in [0, 0.1) is 10.8 Å². The van der Waals surface area contributed by atoms with Crippen LogP contribution in [0.3, 0.4) is 0 Å². The molecule has 0 fully saturated rings. The van der Waals surface area contributed by atoms with Gasteiger partial charge in [0.15, 0.2) is 0 Å². The fraction of sp³-hybridized carbons (Fsp3) is 0.286. The summed E-state index contributed by atoms with van der Waals surface area (Å²) in [6, 6.07) is 28.3. The highest BCUT2D eigenvalue weighted by Crippen LogP contribution is 2.32. The van der Waals surface area contributed by atoms with Gasteiger partial charge in [-0.3, -0.25) is 0 Å². The van der Waals surface area contributed by atoms with E-state index >= 15 is 0 Å². The SMILES string of the molecule is CC(C)(C)C(=Nc1ccccc1N=C(Nc1ccccc1)C(C)(C)C)Nc1ccccc1. The van der Waals surface area contributed by atoms with E-state index in [1.165, 1.54) is 0 Å². The second-order valence-electron chi connectivity index (χ2n) is 9.89. The highest BCUT2D eigenvalue weighted by atomic mass is 15.0. The molecular weight excluding hydrogens is 392 g/mol. The highest BCUT2D eigenvalue weighted by Gasteiger charge is 2.22. The Labute approximate surface area is 192 Å². The van der Waals surface area contributed by atoms with Crippen LogP contribution in [-0.4, -0.2) is 11.7 Å². The third-order valence-corrected chi connectivity index (χ3v) is 4.84. The first-order chi connectivity index (χ1) is 15.1. The summed E-state index contributed by atoms with van der Waals surface area (Å²) >= 11 is 0. The number of aliphatic imine (C=N–C) groups is 2. The van der Waals surface area contributed by atoms with Crippen molar-refractivity contribution in [2.75, 3.05) is 10.6 Å². The largest absolute Gasteiger partial charge is 0.343 e. The second kappa shape index (κ2) is 9.82. The van der Waals surface area contributed by atoms with Gasteiger partial charge in [0.05, 0.1) is 11.4 Å². The summed E-state index contributed by atoms with van der Waals surface area (Å²) in [5, 5.41) is 7.01. The summed E-state index contributed by atoms with van der Waals surface area (Å²) in [6.07, 6.45) is 0. The van der Waals surface area contributed by atoms with Crippen LogP contribution in [0.25, 0.3) is 0 Å². The van der Waals surface area contributed by atoms with Gasteiger partial charge in [0, 0.05) is 22.2 Å². The molecule has 3 aromatic carbocycles. The van der Waals surface area contributed by atoms with Gasteiger partial charge in [0.1, 0.15) is 11.7 Å². The van der Waals surface area contributed by atoms with Gasteiger partial charge in [0.2, 0.25) is 0 Å². The van der Waals surface area contributed by atoms with E-state index in [4.69, 9.17) is 9.98 Å². The standard InChI is InChI=1S/C28H34N4/c1-27(2,3)25(29-21-15-9-7-10-16-21)31-23-19-13-14-20-24(23)32-26(28(4,5)6)30-22-17-11-8-12-18-22/h7-20H,1-6H3,(H,29,31)(H,30,32). The van der Waals surface area contributed by atoms with Crippen LogP contribution in [0.4, 0.5) is 22.7 Å². The molecule has 0 aromatic heterocycles. The summed E-state index contributed by atoms with van der Waals surface area (Å²) in [4.78, 5) is 10.1. The van der Waals surface area contributed by atoms with Crippen molar-refractivity contribution < 1.29 is 0 Å². The molecule has 3 aromatic rings. The zero-order valence-electron chi connectivity index (χ0n) is 20.0. The molecule has 0 heterocycles. The smallest absolute Gasteiger partial charge is 0.112 e. The Bertz CT molecular complexity index is 981. The van der Waals surface area contributed by atoms with Crippen LogP contribution >= 0.6 is 0 Å². The zero-order valence-corrected chi connectivity index (χ0v) is 20.0. The fourth-order valence-corrected chi connectivity index (χ4v) is 2.98. The molecule has 2 N–H and O–H groups in total. The van der Waals surface area contributed by atoms with Gasteiger partial charge >= 0.3 is 0 Å². The second-order valence-corrected chi connectivity index (χ2v) is 9.89.